The van der Waals surface area contributed by atoms with Gasteiger partial charge < -0.3 is 18.9 Å². The predicted octanol–water partition coefficient (Wildman–Crippen LogP) is 4.17. The first-order chi connectivity index (χ1) is 16.5. The molecule has 0 bridgehead atoms. The normalized spacial score (nSPS) is 17.9. The number of ether oxygens (including phenoxy) is 4. The summed E-state index contributed by atoms with van der Waals surface area (Å²) in [6, 6.07) is 12.1. The monoisotopic (exact) mass is 481 g/mol. The number of imide groups is 1. The van der Waals surface area contributed by atoms with E-state index in [0.29, 0.717) is 5.56 Å². The van der Waals surface area contributed by atoms with Crippen LogP contribution in [-0.2, 0) is 19.8 Å². The van der Waals surface area contributed by atoms with Gasteiger partial charge >= 0.3 is 12.2 Å². The molecular weight excluding hydrogens is 454 g/mol. The number of benzene rings is 2. The topological polar surface area (TPSA) is 118 Å². The maximum absolute atomic E-state index is 13.7. The van der Waals surface area contributed by atoms with Crippen molar-refractivity contribution in [1.82, 2.24) is 4.90 Å². The van der Waals surface area contributed by atoms with Crippen LogP contribution in [0.1, 0.15) is 38.8 Å². The zero-order chi connectivity index (χ0) is 26.0. The van der Waals surface area contributed by atoms with Gasteiger partial charge in [-0.15, -0.1) is 0 Å². The van der Waals surface area contributed by atoms with E-state index in [9.17, 15) is 19.6 Å². The van der Waals surface area contributed by atoms with E-state index < -0.39 is 29.2 Å². The Bertz CT molecular complexity index is 1180. The second-order valence-corrected chi connectivity index (χ2v) is 8.93. The fourth-order valence-electron chi connectivity index (χ4n) is 3.68. The third-order valence-electron chi connectivity index (χ3n) is 5.41. The van der Waals surface area contributed by atoms with Crippen molar-refractivity contribution in [3.63, 3.8) is 0 Å². The van der Waals surface area contributed by atoms with Crippen LogP contribution >= 0.6 is 0 Å². The Labute approximate surface area is 203 Å². The number of urea groups is 1. The molecule has 0 radical (unpaired) electrons. The smallest absolute Gasteiger partial charge is 0.495 e. The van der Waals surface area contributed by atoms with Gasteiger partial charge in [0, 0.05) is 13.2 Å². The SMILES string of the molecule is COCN1C(=O)N(c2ccc(C#N)c(OC)c2)C(=O)C1(C)c1ccc(OC(=O)OC(C)(C)C)cc1. The molecule has 3 rings (SSSR count). The van der Waals surface area contributed by atoms with Gasteiger partial charge in [-0.25, -0.2) is 14.5 Å². The number of carbonyl (C=O) groups excluding carboxylic acids is 3. The molecule has 1 aliphatic rings. The van der Waals surface area contributed by atoms with E-state index in [2.05, 4.69) is 0 Å². The van der Waals surface area contributed by atoms with Gasteiger partial charge in [0.15, 0.2) is 0 Å². The van der Waals surface area contributed by atoms with Gasteiger partial charge in [0.1, 0.15) is 35.4 Å². The molecule has 0 aliphatic carbocycles. The van der Waals surface area contributed by atoms with Crippen molar-refractivity contribution in [2.24, 2.45) is 0 Å². The Morgan fingerprint density at radius 1 is 1.09 bits per heavy atom. The third kappa shape index (κ3) is 4.90. The molecule has 1 atom stereocenters. The van der Waals surface area contributed by atoms with Crippen LogP contribution in [0, 0.1) is 11.3 Å². The molecule has 1 fully saturated rings. The molecule has 10 nitrogen and oxygen atoms in total. The summed E-state index contributed by atoms with van der Waals surface area (Å²) in [7, 11) is 2.82. The first-order valence-corrected chi connectivity index (χ1v) is 10.7. The van der Waals surface area contributed by atoms with E-state index in [1.807, 2.05) is 6.07 Å². The molecule has 35 heavy (non-hydrogen) atoms. The lowest BCUT2D eigenvalue weighted by molar-refractivity contribution is -0.126. The van der Waals surface area contributed by atoms with Crippen LogP contribution in [0.15, 0.2) is 42.5 Å². The highest BCUT2D eigenvalue weighted by molar-refractivity contribution is 6.23. The Balaban J connectivity index is 1.96. The Morgan fingerprint density at radius 3 is 2.29 bits per heavy atom. The average molecular weight is 482 g/mol. The highest BCUT2D eigenvalue weighted by atomic mass is 16.7. The molecule has 0 saturated carbocycles. The summed E-state index contributed by atoms with van der Waals surface area (Å²) in [5.74, 6) is -0.0661. The quantitative estimate of drug-likeness (QED) is 0.343. The summed E-state index contributed by atoms with van der Waals surface area (Å²) in [5, 5.41) is 9.24. The van der Waals surface area contributed by atoms with Gasteiger partial charge in [-0.05, 0) is 57.5 Å². The summed E-state index contributed by atoms with van der Waals surface area (Å²) < 4.78 is 20.8. The van der Waals surface area contributed by atoms with Crippen molar-refractivity contribution in [3.8, 4) is 17.6 Å². The van der Waals surface area contributed by atoms with Crippen molar-refractivity contribution in [2.75, 3.05) is 25.9 Å². The number of carbonyl (C=O) groups is 3. The molecule has 0 aromatic heterocycles. The summed E-state index contributed by atoms with van der Waals surface area (Å²) in [5.41, 5.74) is -1.12. The number of hydrogen-bond donors (Lipinski definition) is 0. The van der Waals surface area contributed by atoms with Crippen LogP contribution in [0.4, 0.5) is 15.3 Å². The lowest BCUT2D eigenvalue weighted by Crippen LogP contribution is -2.45. The van der Waals surface area contributed by atoms with E-state index in [-0.39, 0.29) is 29.5 Å². The van der Waals surface area contributed by atoms with E-state index in [1.165, 1.54) is 49.5 Å². The zero-order valence-corrected chi connectivity index (χ0v) is 20.4. The summed E-state index contributed by atoms with van der Waals surface area (Å²) in [4.78, 5) is 41.3. The van der Waals surface area contributed by atoms with Crippen molar-refractivity contribution < 1.29 is 33.3 Å². The fourth-order valence-corrected chi connectivity index (χ4v) is 3.68. The van der Waals surface area contributed by atoms with Crippen LogP contribution in [0.5, 0.6) is 11.5 Å². The minimum atomic E-state index is -1.42. The van der Waals surface area contributed by atoms with Crippen molar-refractivity contribution >= 4 is 23.8 Å². The van der Waals surface area contributed by atoms with Crippen molar-refractivity contribution in [1.29, 1.82) is 5.26 Å². The number of nitriles is 1. The first-order valence-electron chi connectivity index (χ1n) is 10.7. The van der Waals surface area contributed by atoms with Crippen LogP contribution < -0.4 is 14.4 Å². The Morgan fingerprint density at radius 2 is 1.74 bits per heavy atom. The fraction of sp³-hybridized carbons (Fsp3) is 0.360. The molecule has 1 aliphatic heterocycles. The van der Waals surface area contributed by atoms with Crippen molar-refractivity contribution in [3.05, 3.63) is 53.6 Å². The molecular formula is C25H27N3O7. The van der Waals surface area contributed by atoms with Crippen LogP contribution in [0.25, 0.3) is 0 Å². The number of amides is 3. The van der Waals surface area contributed by atoms with E-state index in [0.717, 1.165) is 4.90 Å². The van der Waals surface area contributed by atoms with E-state index in [4.69, 9.17) is 18.9 Å². The molecule has 184 valence electrons. The number of nitrogens with zero attached hydrogens (tertiary/aromatic N) is 3. The number of methoxy groups -OCH3 is 2. The summed E-state index contributed by atoms with van der Waals surface area (Å²) >= 11 is 0. The zero-order valence-electron chi connectivity index (χ0n) is 20.4. The second-order valence-electron chi connectivity index (χ2n) is 8.93. The van der Waals surface area contributed by atoms with Crippen LogP contribution in [-0.4, -0.2) is 49.5 Å². The highest BCUT2D eigenvalue weighted by Gasteiger charge is 2.56. The number of rotatable bonds is 6. The Hall–Kier alpha value is -4.10. The summed E-state index contributed by atoms with van der Waals surface area (Å²) in [6.45, 7) is 6.62. The first kappa shape index (κ1) is 25.5. The van der Waals surface area contributed by atoms with Gasteiger partial charge in [0.25, 0.3) is 5.91 Å². The van der Waals surface area contributed by atoms with E-state index in [1.54, 1.807) is 39.8 Å². The third-order valence-corrected chi connectivity index (χ3v) is 5.41. The van der Waals surface area contributed by atoms with Crippen LogP contribution in [0.3, 0.4) is 0 Å². The maximum Gasteiger partial charge on any atom is 0.514 e. The molecule has 3 amide bonds. The van der Waals surface area contributed by atoms with Crippen molar-refractivity contribution in [2.45, 2.75) is 38.8 Å². The molecule has 2 aromatic rings. The minimum absolute atomic E-state index is 0.152. The molecule has 0 spiro atoms. The standard InChI is InChI=1S/C25H27N3O7/c1-24(2,3)35-23(31)34-19-11-8-17(9-12-19)25(4)21(29)28(22(30)27(25)15-32-5)18-10-7-16(14-26)20(13-18)33-6/h7-13H,15H2,1-6H3. The maximum atomic E-state index is 13.7. The number of anilines is 1. The average Bonchev–Trinajstić information content (AvgIpc) is 2.99. The predicted molar refractivity (Wildman–Crippen MR) is 125 cm³/mol. The lowest BCUT2D eigenvalue weighted by Gasteiger charge is -2.31. The number of hydrogen-bond acceptors (Lipinski definition) is 8. The second kappa shape index (κ2) is 9.64. The molecule has 1 heterocycles. The molecule has 10 heteroatoms. The van der Waals surface area contributed by atoms with Gasteiger partial charge in [0.05, 0.1) is 18.4 Å². The van der Waals surface area contributed by atoms with Gasteiger partial charge in [-0.2, -0.15) is 5.26 Å². The Kier molecular flexibility index (Phi) is 7.03. The summed E-state index contributed by atoms with van der Waals surface area (Å²) in [6.07, 6.45) is -0.856. The van der Waals surface area contributed by atoms with Gasteiger partial charge in [-0.1, -0.05) is 12.1 Å². The van der Waals surface area contributed by atoms with Crippen LogP contribution in [0.2, 0.25) is 0 Å². The van der Waals surface area contributed by atoms with Gasteiger partial charge in [-0.3, -0.25) is 9.69 Å². The molecule has 1 unspecified atom stereocenters. The molecule has 0 N–H and O–H groups in total. The van der Waals surface area contributed by atoms with Gasteiger partial charge in [0.2, 0.25) is 0 Å². The lowest BCUT2D eigenvalue weighted by atomic mass is 9.90. The largest absolute Gasteiger partial charge is 0.514 e. The minimum Gasteiger partial charge on any atom is -0.495 e. The highest BCUT2D eigenvalue weighted by Crippen LogP contribution is 2.41. The molecule has 2 aromatic carbocycles. The molecule has 1 saturated heterocycles. The van der Waals surface area contributed by atoms with E-state index >= 15 is 0 Å².